The number of benzene rings is 1. The first-order valence-corrected chi connectivity index (χ1v) is 7.55. The van der Waals surface area contributed by atoms with Crippen LogP contribution < -0.4 is 15.4 Å². The molecule has 0 spiro atoms. The summed E-state index contributed by atoms with van der Waals surface area (Å²) < 4.78 is 5.03. The van der Waals surface area contributed by atoms with E-state index < -0.39 is 5.91 Å². The molecule has 0 radical (unpaired) electrons. The monoisotopic (exact) mass is 354 g/mol. The Balaban J connectivity index is 1.96. The first kappa shape index (κ1) is 17.1. The van der Waals surface area contributed by atoms with Crippen LogP contribution in [0.3, 0.4) is 0 Å². The molecule has 0 saturated carbocycles. The van der Waals surface area contributed by atoms with Gasteiger partial charge in [0, 0.05) is 5.56 Å². The number of thiocarbonyl (C=S) groups is 1. The number of nitrogens with one attached hydrogen (secondary N) is 2. The molecule has 10 heteroatoms. The average Bonchev–Trinajstić information content (AvgIpc) is 2.94. The lowest BCUT2D eigenvalue weighted by Crippen LogP contribution is -2.34. The van der Waals surface area contributed by atoms with Crippen LogP contribution >= 0.6 is 23.8 Å². The molecule has 8 nitrogen and oxygen atoms in total. The normalized spacial score (nSPS) is 10.2. The van der Waals surface area contributed by atoms with Gasteiger partial charge < -0.3 is 4.74 Å². The van der Waals surface area contributed by atoms with E-state index in [0.29, 0.717) is 22.9 Å². The van der Waals surface area contributed by atoms with E-state index in [1.165, 1.54) is 18.0 Å². The zero-order valence-electron chi connectivity index (χ0n) is 12.5. The number of ether oxygens (including phenoxy) is 1. The van der Waals surface area contributed by atoms with Crippen molar-refractivity contribution in [1.29, 1.82) is 0 Å². The van der Waals surface area contributed by atoms with Crippen molar-refractivity contribution in [3.05, 3.63) is 28.8 Å². The number of tetrazole rings is 1. The third-order valence-corrected chi connectivity index (χ3v) is 3.24. The second-order valence-electron chi connectivity index (χ2n) is 4.47. The highest BCUT2D eigenvalue weighted by atomic mass is 35.5. The van der Waals surface area contributed by atoms with E-state index >= 15 is 0 Å². The number of rotatable bonds is 5. The van der Waals surface area contributed by atoms with E-state index in [4.69, 9.17) is 28.6 Å². The van der Waals surface area contributed by atoms with Crippen molar-refractivity contribution in [2.45, 2.75) is 19.9 Å². The van der Waals surface area contributed by atoms with Crippen molar-refractivity contribution >= 4 is 40.8 Å². The molecule has 122 valence electrons. The van der Waals surface area contributed by atoms with Crippen molar-refractivity contribution in [2.75, 3.05) is 12.4 Å². The fraction of sp³-hybridized carbons (Fsp3) is 0.308. The number of anilines is 1. The van der Waals surface area contributed by atoms with Gasteiger partial charge in [-0.25, -0.2) is 0 Å². The predicted molar refractivity (Wildman–Crippen MR) is 89.8 cm³/mol. The van der Waals surface area contributed by atoms with Crippen molar-refractivity contribution in [2.24, 2.45) is 0 Å². The summed E-state index contributed by atoms with van der Waals surface area (Å²) in [7, 11) is 1.50. The van der Waals surface area contributed by atoms with Crippen LogP contribution in [0.4, 0.5) is 5.95 Å². The third-order valence-electron chi connectivity index (χ3n) is 2.74. The molecule has 0 bridgehead atoms. The van der Waals surface area contributed by atoms with Gasteiger partial charge in [0.15, 0.2) is 5.11 Å². The molecule has 2 N–H and O–H groups in total. The molecule has 1 amide bonds. The van der Waals surface area contributed by atoms with Crippen LogP contribution in [-0.2, 0) is 6.54 Å². The smallest absolute Gasteiger partial charge is 0.269 e. The third kappa shape index (κ3) is 4.60. The largest absolute Gasteiger partial charge is 0.495 e. The zero-order valence-corrected chi connectivity index (χ0v) is 14.1. The molecule has 0 aliphatic rings. The van der Waals surface area contributed by atoms with Gasteiger partial charge in [0.1, 0.15) is 5.75 Å². The van der Waals surface area contributed by atoms with Crippen LogP contribution in [0.1, 0.15) is 23.7 Å². The minimum Gasteiger partial charge on any atom is -0.495 e. The molecule has 0 aliphatic heterocycles. The second kappa shape index (κ2) is 7.84. The van der Waals surface area contributed by atoms with Crippen LogP contribution in [-0.4, -0.2) is 38.3 Å². The summed E-state index contributed by atoms with van der Waals surface area (Å²) in [6, 6.07) is 4.68. The van der Waals surface area contributed by atoms with Crippen molar-refractivity contribution < 1.29 is 9.53 Å². The molecular weight excluding hydrogens is 340 g/mol. The standard InChI is InChI=1S/C13H15ClN6O2S/c1-3-6-20-18-12(17-19-20)16-13(23)15-11(21)8-4-5-10(22-2)9(14)7-8/h4-5,7H,3,6H2,1-2H3,(H2,15,16,18,21,23). The molecule has 1 aromatic carbocycles. The molecule has 0 saturated heterocycles. The highest BCUT2D eigenvalue weighted by Gasteiger charge is 2.12. The minimum atomic E-state index is -0.409. The van der Waals surface area contributed by atoms with Gasteiger partial charge in [0.25, 0.3) is 11.9 Å². The van der Waals surface area contributed by atoms with Crippen molar-refractivity contribution in [1.82, 2.24) is 25.5 Å². The molecular formula is C13H15ClN6O2S. The van der Waals surface area contributed by atoms with Crippen LogP contribution in [0.25, 0.3) is 0 Å². The summed E-state index contributed by atoms with van der Waals surface area (Å²) in [4.78, 5) is 13.5. The maximum absolute atomic E-state index is 12.1. The van der Waals surface area contributed by atoms with Crippen LogP contribution in [0.2, 0.25) is 5.02 Å². The first-order valence-electron chi connectivity index (χ1n) is 6.77. The van der Waals surface area contributed by atoms with Crippen LogP contribution in [0.5, 0.6) is 5.75 Å². The molecule has 1 heterocycles. The summed E-state index contributed by atoms with van der Waals surface area (Å²) >= 11 is 11.0. The van der Waals surface area contributed by atoms with E-state index in [1.54, 1.807) is 12.1 Å². The summed E-state index contributed by atoms with van der Waals surface area (Å²) in [5.41, 5.74) is 0.350. The lowest BCUT2D eigenvalue weighted by Gasteiger charge is -2.08. The first-order chi connectivity index (χ1) is 11.0. The number of aryl methyl sites for hydroxylation is 1. The summed E-state index contributed by atoms with van der Waals surface area (Å²) in [5.74, 6) is 0.296. The van der Waals surface area contributed by atoms with Gasteiger partial charge in [-0.1, -0.05) is 23.6 Å². The van der Waals surface area contributed by atoms with Gasteiger partial charge in [-0.2, -0.15) is 4.80 Å². The zero-order chi connectivity index (χ0) is 16.8. The Labute approximate surface area is 143 Å². The lowest BCUT2D eigenvalue weighted by molar-refractivity contribution is 0.0977. The Kier molecular flexibility index (Phi) is 5.83. The highest BCUT2D eigenvalue weighted by Crippen LogP contribution is 2.24. The van der Waals surface area contributed by atoms with E-state index in [1.807, 2.05) is 6.92 Å². The molecule has 2 aromatic rings. The fourth-order valence-corrected chi connectivity index (χ4v) is 2.15. The molecule has 2 rings (SSSR count). The van der Waals surface area contributed by atoms with Gasteiger partial charge >= 0.3 is 0 Å². The predicted octanol–water partition coefficient (Wildman–Crippen LogP) is 1.87. The van der Waals surface area contributed by atoms with E-state index in [2.05, 4.69) is 26.0 Å². The number of aromatic nitrogens is 4. The van der Waals surface area contributed by atoms with Crippen molar-refractivity contribution in [3.63, 3.8) is 0 Å². The molecule has 0 atom stereocenters. The maximum atomic E-state index is 12.1. The Morgan fingerprint density at radius 2 is 2.26 bits per heavy atom. The number of halogens is 1. The quantitative estimate of drug-likeness (QED) is 0.791. The number of nitrogens with zero attached hydrogens (tertiary/aromatic N) is 4. The summed E-state index contributed by atoms with van der Waals surface area (Å²) in [6.07, 6.45) is 0.884. The topological polar surface area (TPSA) is 94.0 Å². The molecule has 1 aromatic heterocycles. The molecule has 0 unspecified atom stereocenters. The van der Waals surface area contributed by atoms with E-state index in [0.717, 1.165) is 6.42 Å². The van der Waals surface area contributed by atoms with Gasteiger partial charge in [0.05, 0.1) is 18.7 Å². The maximum Gasteiger partial charge on any atom is 0.269 e. The number of hydrogen-bond acceptors (Lipinski definition) is 6. The molecule has 23 heavy (non-hydrogen) atoms. The number of hydrogen-bond donors (Lipinski definition) is 2. The van der Waals surface area contributed by atoms with Crippen molar-refractivity contribution in [3.8, 4) is 5.75 Å². The number of carbonyl (C=O) groups excluding carboxylic acids is 1. The Morgan fingerprint density at radius 1 is 1.48 bits per heavy atom. The Morgan fingerprint density at radius 3 is 2.91 bits per heavy atom. The Hall–Kier alpha value is -2.26. The van der Waals surface area contributed by atoms with Gasteiger partial charge in [-0.15, -0.1) is 5.10 Å². The number of amides is 1. The van der Waals surface area contributed by atoms with E-state index in [9.17, 15) is 4.79 Å². The second-order valence-corrected chi connectivity index (χ2v) is 5.28. The minimum absolute atomic E-state index is 0.0676. The lowest BCUT2D eigenvalue weighted by atomic mass is 10.2. The summed E-state index contributed by atoms with van der Waals surface area (Å²) in [5, 5.41) is 17.3. The average molecular weight is 355 g/mol. The fourth-order valence-electron chi connectivity index (χ4n) is 1.70. The Bertz CT molecular complexity index is 720. The van der Waals surface area contributed by atoms with Gasteiger partial charge in [-0.05, 0) is 42.1 Å². The molecule has 0 fully saturated rings. The van der Waals surface area contributed by atoms with Gasteiger partial charge in [0.2, 0.25) is 0 Å². The SMILES string of the molecule is CCCn1nnc(NC(=S)NC(=O)c2ccc(OC)c(Cl)c2)n1. The number of carbonyl (C=O) groups is 1. The van der Waals surface area contributed by atoms with Crippen LogP contribution in [0.15, 0.2) is 18.2 Å². The summed E-state index contributed by atoms with van der Waals surface area (Å²) in [6.45, 7) is 2.65. The van der Waals surface area contributed by atoms with Crippen LogP contribution in [0, 0.1) is 0 Å². The van der Waals surface area contributed by atoms with Gasteiger partial charge in [-0.3, -0.25) is 15.4 Å². The number of methoxy groups -OCH3 is 1. The highest BCUT2D eigenvalue weighted by molar-refractivity contribution is 7.80. The van der Waals surface area contributed by atoms with E-state index in [-0.39, 0.29) is 11.1 Å². The molecule has 0 aliphatic carbocycles.